The number of nitrogens with zero attached hydrogens (tertiary/aromatic N) is 1. The van der Waals surface area contributed by atoms with Crippen LogP contribution < -0.4 is 5.32 Å². The molecule has 0 atom stereocenters. The SMILES string of the molecule is O=C(NCc1ccco1)c1ncccc1Br. The summed E-state index contributed by atoms with van der Waals surface area (Å²) in [7, 11) is 0. The van der Waals surface area contributed by atoms with Crippen LogP contribution in [-0.4, -0.2) is 10.9 Å². The van der Waals surface area contributed by atoms with Crippen molar-refractivity contribution in [2.24, 2.45) is 0 Å². The van der Waals surface area contributed by atoms with Crippen LogP contribution in [0.25, 0.3) is 0 Å². The summed E-state index contributed by atoms with van der Waals surface area (Å²) >= 11 is 3.27. The van der Waals surface area contributed by atoms with Crippen LogP contribution in [0, 0.1) is 0 Å². The van der Waals surface area contributed by atoms with E-state index in [0.29, 0.717) is 22.5 Å². The van der Waals surface area contributed by atoms with Crippen LogP contribution in [0.5, 0.6) is 0 Å². The molecule has 2 aromatic rings. The maximum absolute atomic E-state index is 11.7. The van der Waals surface area contributed by atoms with Crippen molar-refractivity contribution in [1.82, 2.24) is 10.3 Å². The van der Waals surface area contributed by atoms with Gasteiger partial charge in [0.2, 0.25) is 0 Å². The minimum absolute atomic E-state index is 0.233. The lowest BCUT2D eigenvalue weighted by molar-refractivity contribution is 0.0942. The molecule has 16 heavy (non-hydrogen) atoms. The van der Waals surface area contributed by atoms with Gasteiger partial charge in [-0.2, -0.15) is 0 Å². The molecule has 0 aliphatic rings. The molecule has 82 valence electrons. The maximum Gasteiger partial charge on any atom is 0.271 e. The Bertz CT molecular complexity index is 482. The normalized spacial score (nSPS) is 10.1. The average molecular weight is 281 g/mol. The van der Waals surface area contributed by atoms with Gasteiger partial charge in [0.05, 0.1) is 12.8 Å². The molecule has 0 bridgehead atoms. The highest BCUT2D eigenvalue weighted by Crippen LogP contribution is 2.13. The van der Waals surface area contributed by atoms with Crippen molar-refractivity contribution in [3.63, 3.8) is 0 Å². The van der Waals surface area contributed by atoms with Crippen LogP contribution in [-0.2, 0) is 6.54 Å². The first-order valence-corrected chi connectivity index (χ1v) is 5.48. The number of amides is 1. The summed E-state index contributed by atoms with van der Waals surface area (Å²) in [6.45, 7) is 0.356. The topological polar surface area (TPSA) is 55.1 Å². The first-order valence-electron chi connectivity index (χ1n) is 4.68. The van der Waals surface area contributed by atoms with Gasteiger partial charge in [0.25, 0.3) is 5.91 Å². The molecule has 0 saturated heterocycles. The van der Waals surface area contributed by atoms with Crippen LogP contribution in [0.3, 0.4) is 0 Å². The molecule has 1 amide bonds. The Kier molecular flexibility index (Phi) is 3.36. The third-order valence-corrected chi connectivity index (χ3v) is 2.62. The van der Waals surface area contributed by atoms with Gasteiger partial charge in [-0.05, 0) is 40.2 Å². The standard InChI is InChI=1S/C11H9BrN2O2/c12-9-4-1-5-13-10(9)11(15)14-7-8-3-2-6-16-8/h1-6H,7H2,(H,14,15). The van der Waals surface area contributed by atoms with E-state index in [4.69, 9.17) is 4.42 Å². The smallest absolute Gasteiger partial charge is 0.271 e. The zero-order valence-corrected chi connectivity index (χ0v) is 9.90. The van der Waals surface area contributed by atoms with Gasteiger partial charge in [0.1, 0.15) is 11.5 Å². The molecule has 5 heteroatoms. The third kappa shape index (κ3) is 2.49. The Morgan fingerprint density at radius 1 is 1.44 bits per heavy atom. The van der Waals surface area contributed by atoms with E-state index in [1.165, 1.54) is 0 Å². The van der Waals surface area contributed by atoms with Crippen molar-refractivity contribution in [3.8, 4) is 0 Å². The molecule has 1 N–H and O–H groups in total. The highest BCUT2D eigenvalue weighted by molar-refractivity contribution is 9.10. The predicted molar refractivity (Wildman–Crippen MR) is 61.8 cm³/mol. The predicted octanol–water partition coefficient (Wildman–Crippen LogP) is 2.37. The van der Waals surface area contributed by atoms with Crippen molar-refractivity contribution in [2.45, 2.75) is 6.54 Å². The molecule has 0 fully saturated rings. The van der Waals surface area contributed by atoms with Crippen LogP contribution in [0.1, 0.15) is 16.2 Å². The zero-order chi connectivity index (χ0) is 11.4. The molecule has 0 saturated carbocycles. The highest BCUT2D eigenvalue weighted by atomic mass is 79.9. The van der Waals surface area contributed by atoms with Crippen molar-refractivity contribution < 1.29 is 9.21 Å². The van der Waals surface area contributed by atoms with Crippen molar-refractivity contribution >= 4 is 21.8 Å². The molecule has 2 aromatic heterocycles. The first-order chi connectivity index (χ1) is 7.77. The van der Waals surface area contributed by atoms with E-state index >= 15 is 0 Å². The first kappa shape index (κ1) is 10.9. The number of carbonyl (C=O) groups is 1. The van der Waals surface area contributed by atoms with Crippen molar-refractivity contribution in [2.75, 3.05) is 0 Å². The van der Waals surface area contributed by atoms with Gasteiger partial charge in [-0.15, -0.1) is 0 Å². The average Bonchev–Trinajstić information content (AvgIpc) is 2.79. The minimum atomic E-state index is -0.233. The molecule has 0 aliphatic carbocycles. The van der Waals surface area contributed by atoms with Gasteiger partial charge < -0.3 is 9.73 Å². The third-order valence-electron chi connectivity index (χ3n) is 1.98. The molecule has 0 radical (unpaired) electrons. The summed E-state index contributed by atoms with van der Waals surface area (Å²) < 4.78 is 5.78. The lowest BCUT2D eigenvalue weighted by atomic mass is 10.3. The number of halogens is 1. The Morgan fingerprint density at radius 2 is 2.31 bits per heavy atom. The van der Waals surface area contributed by atoms with E-state index in [1.54, 1.807) is 36.7 Å². The van der Waals surface area contributed by atoms with Gasteiger partial charge in [-0.1, -0.05) is 0 Å². The van der Waals surface area contributed by atoms with Gasteiger partial charge >= 0.3 is 0 Å². The molecule has 2 rings (SSSR count). The quantitative estimate of drug-likeness (QED) is 0.939. The molecule has 2 heterocycles. The Labute approximate surface area is 101 Å². The zero-order valence-electron chi connectivity index (χ0n) is 8.31. The number of nitrogens with one attached hydrogen (secondary N) is 1. The van der Waals surface area contributed by atoms with E-state index in [-0.39, 0.29) is 5.91 Å². The summed E-state index contributed by atoms with van der Waals surface area (Å²) in [6, 6.07) is 7.11. The number of rotatable bonds is 3. The molecule has 4 nitrogen and oxygen atoms in total. The second kappa shape index (κ2) is 4.94. The summed E-state index contributed by atoms with van der Waals surface area (Å²) in [5.74, 6) is 0.476. The molecule has 0 unspecified atom stereocenters. The monoisotopic (exact) mass is 280 g/mol. The Morgan fingerprint density at radius 3 is 3.00 bits per heavy atom. The fraction of sp³-hybridized carbons (Fsp3) is 0.0909. The molecular formula is C11H9BrN2O2. The number of hydrogen-bond donors (Lipinski definition) is 1. The number of pyridine rings is 1. The second-order valence-corrected chi connectivity index (χ2v) is 3.95. The summed E-state index contributed by atoms with van der Waals surface area (Å²) in [5.41, 5.74) is 0.369. The largest absolute Gasteiger partial charge is 0.467 e. The number of furan rings is 1. The van der Waals surface area contributed by atoms with Crippen LogP contribution in [0.4, 0.5) is 0 Å². The fourth-order valence-corrected chi connectivity index (χ4v) is 1.65. The van der Waals surface area contributed by atoms with Crippen LogP contribution in [0.2, 0.25) is 0 Å². The molecular weight excluding hydrogens is 272 g/mol. The number of aromatic nitrogens is 1. The van der Waals surface area contributed by atoms with Crippen molar-refractivity contribution in [3.05, 3.63) is 52.7 Å². The number of carbonyl (C=O) groups excluding carboxylic acids is 1. The number of hydrogen-bond acceptors (Lipinski definition) is 3. The van der Waals surface area contributed by atoms with E-state index < -0.39 is 0 Å². The summed E-state index contributed by atoms with van der Waals surface area (Å²) in [6.07, 6.45) is 3.14. The molecule has 0 aromatic carbocycles. The fourth-order valence-electron chi connectivity index (χ4n) is 1.22. The highest BCUT2D eigenvalue weighted by Gasteiger charge is 2.10. The maximum atomic E-state index is 11.7. The molecule has 0 spiro atoms. The van der Waals surface area contributed by atoms with Gasteiger partial charge in [0.15, 0.2) is 0 Å². The van der Waals surface area contributed by atoms with E-state index in [9.17, 15) is 4.79 Å². The summed E-state index contributed by atoms with van der Waals surface area (Å²) in [4.78, 5) is 15.7. The minimum Gasteiger partial charge on any atom is -0.467 e. The molecule has 0 aliphatic heterocycles. The van der Waals surface area contributed by atoms with E-state index in [1.807, 2.05) is 0 Å². The van der Waals surface area contributed by atoms with E-state index in [0.717, 1.165) is 0 Å². The summed E-state index contributed by atoms with van der Waals surface area (Å²) in [5, 5.41) is 2.72. The van der Waals surface area contributed by atoms with Crippen LogP contribution >= 0.6 is 15.9 Å². The van der Waals surface area contributed by atoms with E-state index in [2.05, 4.69) is 26.2 Å². The van der Waals surface area contributed by atoms with Gasteiger partial charge in [-0.25, -0.2) is 4.98 Å². The Hall–Kier alpha value is -1.62. The van der Waals surface area contributed by atoms with Crippen LogP contribution in [0.15, 0.2) is 45.6 Å². The second-order valence-electron chi connectivity index (χ2n) is 3.10. The van der Waals surface area contributed by atoms with Gasteiger partial charge in [-0.3, -0.25) is 4.79 Å². The van der Waals surface area contributed by atoms with Gasteiger partial charge in [0, 0.05) is 10.7 Å². The Balaban J connectivity index is 2.01. The van der Waals surface area contributed by atoms with Crippen molar-refractivity contribution in [1.29, 1.82) is 0 Å². The lowest BCUT2D eigenvalue weighted by Crippen LogP contribution is -2.23. The lowest BCUT2D eigenvalue weighted by Gasteiger charge is -2.03.